The molecule has 2 N–H and O–H groups in total. The number of benzene rings is 5. The summed E-state index contributed by atoms with van der Waals surface area (Å²) in [6.45, 7) is 1.95. The molecule has 5 aromatic carbocycles. The Morgan fingerprint density at radius 1 is 0.809 bits per heavy atom. The number of halogens is 2. The molecule has 236 valence electrons. The second-order valence-corrected chi connectivity index (χ2v) is 12.0. The molecule has 5 aromatic rings. The molecule has 0 aromatic heterocycles. The number of nitrogens with zero attached hydrogens (tertiary/aromatic N) is 1. The normalized spacial score (nSPS) is 11.8. The van der Waals surface area contributed by atoms with Gasteiger partial charge in [-0.1, -0.05) is 85.3 Å². The van der Waals surface area contributed by atoms with Gasteiger partial charge in [-0.05, 0) is 79.2 Å². The summed E-state index contributed by atoms with van der Waals surface area (Å²) in [5.74, 6) is -1.96. The van der Waals surface area contributed by atoms with E-state index in [0.717, 1.165) is 16.3 Å². The Bertz CT molecular complexity index is 1830. The summed E-state index contributed by atoms with van der Waals surface area (Å²) in [5, 5.41) is 5.04. The first kappa shape index (κ1) is 33.2. The standard InChI is InChI=1S/C38H31ClFN3O3S/c1-2-35(38(46)43(28-17-8-4-9-18-28)29-19-10-5-11-20-29)47-30-21-12-16-27(24-30)41-37(45)34(25-31-32(39)22-13-23-33(31)40)42-36(44)26-14-6-3-7-15-26/h3-25,35H,2H2,1H3,(H,41,45)(H,42,44)/b34-25-. The second-order valence-electron chi connectivity index (χ2n) is 10.4. The van der Waals surface area contributed by atoms with E-state index in [-0.39, 0.29) is 22.2 Å². The fourth-order valence-corrected chi connectivity index (χ4v) is 6.03. The number of carbonyl (C=O) groups excluding carboxylic acids is 3. The van der Waals surface area contributed by atoms with Crippen molar-refractivity contribution in [1.29, 1.82) is 0 Å². The van der Waals surface area contributed by atoms with Crippen molar-refractivity contribution in [3.63, 3.8) is 0 Å². The van der Waals surface area contributed by atoms with Gasteiger partial charge in [0.1, 0.15) is 11.5 Å². The van der Waals surface area contributed by atoms with Crippen LogP contribution in [0.5, 0.6) is 0 Å². The lowest BCUT2D eigenvalue weighted by molar-refractivity contribution is -0.117. The first-order valence-corrected chi connectivity index (χ1v) is 16.1. The van der Waals surface area contributed by atoms with Crippen LogP contribution in [0.4, 0.5) is 21.5 Å². The summed E-state index contributed by atoms with van der Waals surface area (Å²) < 4.78 is 14.7. The van der Waals surface area contributed by atoms with Crippen LogP contribution in [0.15, 0.2) is 144 Å². The lowest BCUT2D eigenvalue weighted by atomic mass is 10.1. The third-order valence-electron chi connectivity index (χ3n) is 7.08. The van der Waals surface area contributed by atoms with Gasteiger partial charge in [-0.2, -0.15) is 0 Å². The predicted molar refractivity (Wildman–Crippen MR) is 188 cm³/mol. The lowest BCUT2D eigenvalue weighted by Crippen LogP contribution is -2.34. The molecular weight excluding hydrogens is 633 g/mol. The molecule has 1 unspecified atom stereocenters. The highest BCUT2D eigenvalue weighted by Crippen LogP contribution is 2.33. The largest absolute Gasteiger partial charge is 0.321 e. The van der Waals surface area contributed by atoms with Crippen LogP contribution in [-0.2, 0) is 9.59 Å². The topological polar surface area (TPSA) is 78.5 Å². The molecule has 3 amide bonds. The third kappa shape index (κ3) is 8.55. The summed E-state index contributed by atoms with van der Waals surface area (Å²) in [5.41, 5.74) is 2.02. The third-order valence-corrected chi connectivity index (χ3v) is 8.76. The average Bonchev–Trinajstić information content (AvgIpc) is 3.10. The van der Waals surface area contributed by atoms with Crippen LogP contribution in [-0.4, -0.2) is 23.0 Å². The van der Waals surface area contributed by atoms with Gasteiger partial charge in [0.15, 0.2) is 0 Å². The number of hydrogen-bond donors (Lipinski definition) is 2. The van der Waals surface area contributed by atoms with Crippen LogP contribution in [0.3, 0.4) is 0 Å². The fourth-order valence-electron chi connectivity index (χ4n) is 4.76. The summed E-state index contributed by atoms with van der Waals surface area (Å²) in [6.07, 6.45) is 1.76. The molecule has 0 heterocycles. The monoisotopic (exact) mass is 663 g/mol. The smallest absolute Gasteiger partial charge is 0.272 e. The number of para-hydroxylation sites is 2. The first-order chi connectivity index (χ1) is 22.8. The molecule has 0 radical (unpaired) electrons. The number of carbonyl (C=O) groups is 3. The maximum atomic E-state index is 14.7. The van der Waals surface area contributed by atoms with Crippen molar-refractivity contribution >= 4 is 64.2 Å². The van der Waals surface area contributed by atoms with Crippen LogP contribution in [0.2, 0.25) is 5.02 Å². The van der Waals surface area contributed by atoms with Crippen molar-refractivity contribution < 1.29 is 18.8 Å². The maximum Gasteiger partial charge on any atom is 0.272 e. The summed E-state index contributed by atoms with van der Waals surface area (Å²) >= 11 is 7.62. The quantitative estimate of drug-likeness (QED) is 0.109. The Morgan fingerprint density at radius 3 is 2.00 bits per heavy atom. The summed E-state index contributed by atoms with van der Waals surface area (Å²) in [6, 6.07) is 38.6. The highest BCUT2D eigenvalue weighted by Gasteiger charge is 2.27. The SMILES string of the molecule is CCC(Sc1cccc(NC(=O)/C(=C/c2c(F)cccc2Cl)NC(=O)c2ccccc2)c1)C(=O)N(c1ccccc1)c1ccccc1. The Kier molecular flexibility index (Phi) is 11.2. The van der Waals surface area contributed by atoms with Crippen LogP contribution in [0.25, 0.3) is 6.08 Å². The number of anilines is 3. The zero-order valence-electron chi connectivity index (χ0n) is 25.4. The maximum absolute atomic E-state index is 14.7. The number of thioether (sulfide) groups is 1. The molecule has 0 bridgehead atoms. The molecule has 0 saturated carbocycles. The van der Waals surface area contributed by atoms with Crippen molar-refractivity contribution in [2.24, 2.45) is 0 Å². The molecular formula is C38H31ClFN3O3S. The lowest BCUT2D eigenvalue weighted by Gasteiger charge is -2.27. The van der Waals surface area contributed by atoms with Gasteiger partial charge in [-0.15, -0.1) is 11.8 Å². The van der Waals surface area contributed by atoms with Crippen LogP contribution in [0.1, 0.15) is 29.3 Å². The van der Waals surface area contributed by atoms with Crippen molar-refractivity contribution in [2.75, 3.05) is 10.2 Å². The van der Waals surface area contributed by atoms with E-state index in [1.165, 1.54) is 36.0 Å². The second kappa shape index (κ2) is 15.9. The van der Waals surface area contributed by atoms with E-state index in [4.69, 9.17) is 11.6 Å². The number of hydrogen-bond acceptors (Lipinski definition) is 4. The molecule has 1 atom stereocenters. The van der Waals surface area contributed by atoms with Crippen molar-refractivity contribution in [3.8, 4) is 0 Å². The molecule has 6 nitrogen and oxygen atoms in total. The van der Waals surface area contributed by atoms with Crippen LogP contribution in [0, 0.1) is 5.82 Å². The van der Waals surface area contributed by atoms with Crippen molar-refractivity contribution in [1.82, 2.24) is 5.32 Å². The van der Waals surface area contributed by atoms with Gasteiger partial charge in [0, 0.05) is 33.1 Å². The van der Waals surface area contributed by atoms with Gasteiger partial charge < -0.3 is 10.6 Å². The van der Waals surface area contributed by atoms with Gasteiger partial charge in [0.2, 0.25) is 5.91 Å². The first-order valence-electron chi connectivity index (χ1n) is 14.9. The minimum atomic E-state index is -0.682. The van der Waals surface area contributed by atoms with Crippen LogP contribution >= 0.6 is 23.4 Å². The van der Waals surface area contributed by atoms with E-state index >= 15 is 0 Å². The van der Waals surface area contributed by atoms with Crippen molar-refractivity contribution in [3.05, 3.63) is 161 Å². The molecule has 47 heavy (non-hydrogen) atoms. The van der Waals surface area contributed by atoms with E-state index in [1.807, 2.05) is 73.7 Å². The molecule has 0 aliphatic rings. The minimum absolute atomic E-state index is 0.0392. The highest BCUT2D eigenvalue weighted by molar-refractivity contribution is 8.00. The van der Waals surface area contributed by atoms with E-state index in [2.05, 4.69) is 10.6 Å². The van der Waals surface area contributed by atoms with Gasteiger partial charge in [0.05, 0.1) is 10.3 Å². The van der Waals surface area contributed by atoms with E-state index in [9.17, 15) is 18.8 Å². The van der Waals surface area contributed by atoms with E-state index in [1.54, 1.807) is 53.4 Å². The molecule has 0 aliphatic heterocycles. The summed E-state index contributed by atoms with van der Waals surface area (Å²) in [4.78, 5) is 43.1. The number of rotatable bonds is 11. The zero-order chi connectivity index (χ0) is 33.2. The van der Waals surface area contributed by atoms with Gasteiger partial charge in [-0.3, -0.25) is 19.3 Å². The van der Waals surface area contributed by atoms with Crippen molar-refractivity contribution in [2.45, 2.75) is 23.5 Å². The zero-order valence-corrected chi connectivity index (χ0v) is 27.0. The number of nitrogens with one attached hydrogen (secondary N) is 2. The van der Waals surface area contributed by atoms with E-state index in [0.29, 0.717) is 17.7 Å². The molecule has 0 spiro atoms. The van der Waals surface area contributed by atoms with Crippen LogP contribution < -0.4 is 15.5 Å². The molecule has 0 fully saturated rings. The Hall–Kier alpha value is -5.18. The average molecular weight is 664 g/mol. The molecule has 0 saturated heterocycles. The van der Waals surface area contributed by atoms with Gasteiger partial charge >= 0.3 is 0 Å². The molecule has 9 heteroatoms. The van der Waals surface area contributed by atoms with E-state index < -0.39 is 22.9 Å². The Labute approximate surface area is 282 Å². The number of amides is 3. The molecule has 0 aliphatic carbocycles. The summed E-state index contributed by atoms with van der Waals surface area (Å²) in [7, 11) is 0. The van der Waals surface area contributed by atoms with Gasteiger partial charge in [0.25, 0.3) is 11.8 Å². The molecule has 5 rings (SSSR count). The van der Waals surface area contributed by atoms with Gasteiger partial charge in [-0.25, -0.2) is 4.39 Å². The predicted octanol–water partition coefficient (Wildman–Crippen LogP) is 9.12. The fraction of sp³-hybridized carbons (Fsp3) is 0.0789. The highest BCUT2D eigenvalue weighted by atomic mass is 35.5. The Morgan fingerprint density at radius 2 is 1.40 bits per heavy atom. The minimum Gasteiger partial charge on any atom is -0.321 e. The Balaban J connectivity index is 1.38.